The Bertz CT molecular complexity index is 1080. The van der Waals surface area contributed by atoms with Crippen LogP contribution in [0.3, 0.4) is 0 Å². The summed E-state index contributed by atoms with van der Waals surface area (Å²) in [4.78, 5) is 41.2. The van der Waals surface area contributed by atoms with Gasteiger partial charge in [0, 0.05) is 18.3 Å². The van der Waals surface area contributed by atoms with Crippen molar-refractivity contribution in [3.05, 3.63) is 59.7 Å². The number of hydrogen-bond donors (Lipinski definition) is 0. The summed E-state index contributed by atoms with van der Waals surface area (Å²) in [6.07, 6.45) is 0.105. The van der Waals surface area contributed by atoms with Gasteiger partial charge in [0.2, 0.25) is 5.91 Å². The van der Waals surface area contributed by atoms with Crippen LogP contribution in [0.4, 0.5) is 4.79 Å². The highest BCUT2D eigenvalue weighted by molar-refractivity contribution is 6.09. The van der Waals surface area contributed by atoms with Crippen LogP contribution in [0.5, 0.6) is 11.5 Å². The number of amides is 2. The third kappa shape index (κ3) is 4.27. The molecule has 7 heteroatoms. The fraction of sp³-hybridized carbons (Fsp3) is 0.444. The summed E-state index contributed by atoms with van der Waals surface area (Å²) in [7, 11) is 3.16. The molecule has 2 aromatic rings. The molecule has 34 heavy (non-hydrogen) atoms. The van der Waals surface area contributed by atoms with Crippen LogP contribution in [-0.4, -0.2) is 49.6 Å². The van der Waals surface area contributed by atoms with Crippen LogP contribution in [0.2, 0.25) is 0 Å². The fourth-order valence-electron chi connectivity index (χ4n) is 5.41. The minimum atomic E-state index is -1.02. The first-order valence-electron chi connectivity index (χ1n) is 11.7. The molecule has 2 fully saturated rings. The van der Waals surface area contributed by atoms with Gasteiger partial charge in [0.05, 0.1) is 20.3 Å². The first kappa shape index (κ1) is 23.8. The molecule has 1 aliphatic carbocycles. The van der Waals surface area contributed by atoms with Gasteiger partial charge < -0.3 is 14.2 Å². The van der Waals surface area contributed by atoms with Crippen LogP contribution >= 0.6 is 0 Å². The van der Waals surface area contributed by atoms with E-state index in [0.29, 0.717) is 17.9 Å². The molecule has 4 rings (SSSR count). The number of benzene rings is 2. The lowest BCUT2D eigenvalue weighted by Crippen LogP contribution is -2.45. The molecular formula is C27H31NO6. The number of para-hydroxylation sites is 2. The molecule has 1 heterocycles. The maximum absolute atomic E-state index is 13.9. The molecule has 0 bridgehead atoms. The third-order valence-electron chi connectivity index (χ3n) is 6.81. The Balaban J connectivity index is 1.81. The zero-order valence-corrected chi connectivity index (χ0v) is 20.0. The average Bonchev–Trinajstić information content (AvgIpc) is 3.37. The molecule has 180 valence electrons. The molecule has 2 aliphatic rings. The van der Waals surface area contributed by atoms with E-state index < -0.39 is 23.8 Å². The largest absolute Gasteiger partial charge is 0.496 e. The first-order valence-corrected chi connectivity index (χ1v) is 11.7. The lowest BCUT2D eigenvalue weighted by Gasteiger charge is -2.29. The van der Waals surface area contributed by atoms with Crippen molar-refractivity contribution in [1.29, 1.82) is 0 Å². The summed E-state index contributed by atoms with van der Waals surface area (Å²) < 4.78 is 16.5. The van der Waals surface area contributed by atoms with Crippen LogP contribution in [0.1, 0.15) is 49.7 Å². The summed E-state index contributed by atoms with van der Waals surface area (Å²) in [6.45, 7) is 4.21. The van der Waals surface area contributed by atoms with Crippen molar-refractivity contribution in [1.82, 2.24) is 4.90 Å². The molecule has 0 radical (unpaired) electrons. The Hall–Kier alpha value is -3.35. The number of hydrogen-bond acceptors (Lipinski definition) is 6. The van der Waals surface area contributed by atoms with Gasteiger partial charge >= 0.3 is 6.09 Å². The Morgan fingerprint density at radius 1 is 1.00 bits per heavy atom. The summed E-state index contributed by atoms with van der Waals surface area (Å²) in [5, 5.41) is 0. The number of cyclic esters (lactones) is 1. The number of imide groups is 1. The van der Waals surface area contributed by atoms with Crippen molar-refractivity contribution in [2.45, 2.75) is 44.6 Å². The SMILES string of the molecule is COc1ccccc1[C@@H]1[C@@H](C(=O)N2C(=O)OC[C@@H]2CC(C)C)C(=O)C[C@H]1c1ccccc1OC. The predicted molar refractivity (Wildman–Crippen MR) is 126 cm³/mol. The van der Waals surface area contributed by atoms with Crippen LogP contribution < -0.4 is 9.47 Å². The van der Waals surface area contributed by atoms with Crippen LogP contribution in [0.15, 0.2) is 48.5 Å². The number of carbonyl (C=O) groups is 3. The molecule has 0 unspecified atom stereocenters. The zero-order valence-electron chi connectivity index (χ0n) is 20.0. The van der Waals surface area contributed by atoms with E-state index in [4.69, 9.17) is 14.2 Å². The number of methoxy groups -OCH3 is 2. The normalized spacial score (nSPS) is 24.4. The highest BCUT2D eigenvalue weighted by Gasteiger charge is 2.53. The Morgan fingerprint density at radius 2 is 1.59 bits per heavy atom. The van der Waals surface area contributed by atoms with E-state index in [1.807, 2.05) is 62.4 Å². The van der Waals surface area contributed by atoms with Gasteiger partial charge in [-0.3, -0.25) is 9.59 Å². The summed E-state index contributed by atoms with van der Waals surface area (Å²) in [6, 6.07) is 14.6. The van der Waals surface area contributed by atoms with Crippen molar-refractivity contribution in [3.63, 3.8) is 0 Å². The van der Waals surface area contributed by atoms with Gasteiger partial charge in [-0.1, -0.05) is 50.2 Å². The average molecular weight is 466 g/mol. The lowest BCUT2D eigenvalue weighted by molar-refractivity contribution is -0.138. The molecular weight excluding hydrogens is 434 g/mol. The zero-order chi connectivity index (χ0) is 24.4. The smallest absolute Gasteiger partial charge is 0.416 e. The number of carbonyl (C=O) groups excluding carboxylic acids is 3. The second kappa shape index (κ2) is 9.87. The highest BCUT2D eigenvalue weighted by Crippen LogP contribution is 2.52. The van der Waals surface area contributed by atoms with Crippen LogP contribution in [-0.2, 0) is 14.3 Å². The lowest BCUT2D eigenvalue weighted by atomic mass is 9.78. The molecule has 7 nitrogen and oxygen atoms in total. The van der Waals surface area contributed by atoms with Gasteiger partial charge in [0.25, 0.3) is 0 Å². The molecule has 0 N–H and O–H groups in total. The maximum Gasteiger partial charge on any atom is 0.416 e. The summed E-state index contributed by atoms with van der Waals surface area (Å²) in [5.74, 6) is -1.01. The Kier molecular flexibility index (Phi) is 6.91. The Labute approximate surface area is 200 Å². The standard InChI is InChI=1S/C27H31NO6/c1-16(2)13-17-15-34-27(31)28(17)26(30)25-21(29)14-20(18-9-5-7-11-22(18)32-3)24(25)19-10-6-8-12-23(19)33-4/h5-12,16-17,20,24-25H,13-15H2,1-4H3/t17-,20-,24-,25-/m0/s1. The highest BCUT2D eigenvalue weighted by atomic mass is 16.6. The number of Topliss-reactive ketones (excluding diaryl/α,β-unsaturated/α-hetero) is 1. The number of nitrogens with zero attached hydrogens (tertiary/aromatic N) is 1. The van der Waals surface area contributed by atoms with Crippen molar-refractivity contribution < 1.29 is 28.6 Å². The predicted octanol–water partition coefficient (Wildman–Crippen LogP) is 4.55. The monoisotopic (exact) mass is 465 g/mol. The number of ether oxygens (including phenoxy) is 3. The van der Waals surface area contributed by atoms with E-state index in [-0.39, 0.29) is 36.7 Å². The van der Waals surface area contributed by atoms with Crippen LogP contribution in [0.25, 0.3) is 0 Å². The first-order chi connectivity index (χ1) is 16.4. The minimum Gasteiger partial charge on any atom is -0.496 e. The van der Waals surface area contributed by atoms with Gasteiger partial charge in [-0.05, 0) is 35.6 Å². The van der Waals surface area contributed by atoms with E-state index in [2.05, 4.69) is 0 Å². The second-order valence-corrected chi connectivity index (χ2v) is 9.33. The van der Waals surface area contributed by atoms with E-state index in [1.54, 1.807) is 14.2 Å². The third-order valence-corrected chi connectivity index (χ3v) is 6.81. The summed E-state index contributed by atoms with van der Waals surface area (Å²) in [5.41, 5.74) is 1.62. The van der Waals surface area contributed by atoms with Gasteiger partial charge in [-0.25, -0.2) is 9.69 Å². The van der Waals surface area contributed by atoms with Gasteiger partial charge in [-0.15, -0.1) is 0 Å². The van der Waals surface area contributed by atoms with Crippen molar-refractivity contribution >= 4 is 17.8 Å². The molecule has 2 aromatic carbocycles. The Morgan fingerprint density at radius 3 is 2.21 bits per heavy atom. The van der Waals surface area contributed by atoms with Crippen LogP contribution in [0, 0.1) is 11.8 Å². The van der Waals surface area contributed by atoms with Gasteiger partial charge in [0.15, 0.2) is 0 Å². The maximum atomic E-state index is 13.9. The molecule has 2 amide bonds. The number of ketones is 1. The molecule has 1 saturated carbocycles. The molecule has 1 saturated heterocycles. The van der Waals surface area contributed by atoms with Crippen molar-refractivity contribution in [3.8, 4) is 11.5 Å². The van der Waals surface area contributed by atoms with Crippen molar-refractivity contribution in [2.24, 2.45) is 11.8 Å². The van der Waals surface area contributed by atoms with E-state index >= 15 is 0 Å². The molecule has 4 atom stereocenters. The molecule has 1 aliphatic heterocycles. The summed E-state index contributed by atoms with van der Waals surface area (Å²) >= 11 is 0. The quantitative estimate of drug-likeness (QED) is 0.558. The minimum absolute atomic E-state index is 0.152. The van der Waals surface area contributed by atoms with Crippen molar-refractivity contribution in [2.75, 3.05) is 20.8 Å². The fourth-order valence-corrected chi connectivity index (χ4v) is 5.41. The topological polar surface area (TPSA) is 82.1 Å². The van der Waals surface area contributed by atoms with Gasteiger partial charge in [-0.2, -0.15) is 0 Å². The van der Waals surface area contributed by atoms with E-state index in [9.17, 15) is 14.4 Å². The second-order valence-electron chi connectivity index (χ2n) is 9.33. The molecule has 0 aromatic heterocycles. The van der Waals surface area contributed by atoms with Gasteiger partial charge in [0.1, 0.15) is 29.8 Å². The molecule has 0 spiro atoms. The number of rotatable bonds is 7. The van der Waals surface area contributed by atoms with E-state index in [1.165, 1.54) is 4.90 Å². The van der Waals surface area contributed by atoms with E-state index in [0.717, 1.165) is 11.1 Å².